The molecule has 2 nitrogen and oxygen atoms in total. The van der Waals surface area contributed by atoms with Crippen LogP contribution in [0.15, 0.2) is 29.2 Å². The van der Waals surface area contributed by atoms with Crippen molar-refractivity contribution >= 4 is 23.1 Å². The summed E-state index contributed by atoms with van der Waals surface area (Å²) >= 11 is 3.71. The van der Waals surface area contributed by atoms with Gasteiger partial charge in [-0.3, -0.25) is 0 Å². The third-order valence-corrected chi connectivity index (χ3v) is 5.58. The number of aromatic nitrogens is 1. The molecule has 1 aromatic heterocycles. The van der Waals surface area contributed by atoms with Crippen LogP contribution in [-0.2, 0) is 12.3 Å². The number of nitrogens with zero attached hydrogens (tertiary/aromatic N) is 1. The average molecular weight is 306 g/mol. The largest absolute Gasteiger partial charge is 0.310 e. The van der Waals surface area contributed by atoms with E-state index in [1.165, 1.54) is 26.0 Å². The summed E-state index contributed by atoms with van der Waals surface area (Å²) in [6.45, 7) is 9.54. The maximum atomic E-state index is 4.69. The van der Waals surface area contributed by atoms with E-state index in [1.807, 2.05) is 23.1 Å². The lowest BCUT2D eigenvalue weighted by Crippen LogP contribution is -2.21. The Kier molecular flexibility index (Phi) is 5.64. The maximum absolute atomic E-state index is 4.69. The number of rotatable bonds is 6. The Labute approximate surface area is 130 Å². The molecule has 1 N–H and O–H groups in total. The lowest BCUT2D eigenvalue weighted by molar-refractivity contribution is 0.591. The highest BCUT2D eigenvalue weighted by Crippen LogP contribution is 2.28. The van der Waals surface area contributed by atoms with Gasteiger partial charge in [0, 0.05) is 22.4 Å². The number of hydrogen-bond donors (Lipinski definition) is 1. The van der Waals surface area contributed by atoms with Crippen LogP contribution in [0, 0.1) is 13.8 Å². The van der Waals surface area contributed by atoms with Crippen molar-refractivity contribution in [1.82, 2.24) is 10.3 Å². The lowest BCUT2D eigenvalue weighted by Gasteiger charge is -2.05. The average Bonchev–Trinajstić information content (AvgIpc) is 2.76. The van der Waals surface area contributed by atoms with Gasteiger partial charge in [0.1, 0.15) is 5.01 Å². The van der Waals surface area contributed by atoms with E-state index in [-0.39, 0.29) is 0 Å². The molecule has 0 aliphatic rings. The van der Waals surface area contributed by atoms with Gasteiger partial charge >= 0.3 is 0 Å². The smallest absolute Gasteiger partial charge is 0.103 e. The first kappa shape index (κ1) is 15.5. The minimum atomic E-state index is 0.515. The second-order valence-corrected chi connectivity index (χ2v) is 7.39. The molecule has 0 bridgehead atoms. The van der Waals surface area contributed by atoms with Gasteiger partial charge in [0.2, 0.25) is 0 Å². The van der Waals surface area contributed by atoms with Gasteiger partial charge < -0.3 is 5.32 Å². The number of benzene rings is 1. The standard InChI is InChI=1S/C16H22N2S2/c1-11(2)17-9-15-13(4)18-16(20-15)10-19-14-8-6-5-7-12(14)3/h5-8,11,17H,9-10H2,1-4H3. The van der Waals surface area contributed by atoms with Gasteiger partial charge in [0.05, 0.1) is 11.4 Å². The summed E-state index contributed by atoms with van der Waals surface area (Å²) in [5.41, 5.74) is 2.51. The van der Waals surface area contributed by atoms with Gasteiger partial charge in [0.15, 0.2) is 0 Å². The van der Waals surface area contributed by atoms with Crippen molar-refractivity contribution in [2.24, 2.45) is 0 Å². The van der Waals surface area contributed by atoms with Gasteiger partial charge in [-0.25, -0.2) is 4.98 Å². The highest BCUT2D eigenvalue weighted by Gasteiger charge is 2.09. The SMILES string of the molecule is Cc1ccccc1SCc1nc(C)c(CNC(C)C)s1. The first-order chi connectivity index (χ1) is 9.56. The van der Waals surface area contributed by atoms with Crippen LogP contribution in [0.5, 0.6) is 0 Å². The fourth-order valence-corrected chi connectivity index (χ4v) is 3.91. The number of thioether (sulfide) groups is 1. The molecule has 0 amide bonds. The van der Waals surface area contributed by atoms with E-state index in [4.69, 9.17) is 4.98 Å². The Hall–Kier alpha value is -0.840. The van der Waals surface area contributed by atoms with Crippen LogP contribution in [-0.4, -0.2) is 11.0 Å². The zero-order chi connectivity index (χ0) is 14.5. The fraction of sp³-hybridized carbons (Fsp3) is 0.438. The van der Waals surface area contributed by atoms with E-state index in [2.05, 4.69) is 57.3 Å². The first-order valence-corrected chi connectivity index (χ1v) is 8.73. The summed E-state index contributed by atoms with van der Waals surface area (Å²) in [6, 6.07) is 9.04. The van der Waals surface area contributed by atoms with Gasteiger partial charge in [-0.1, -0.05) is 32.0 Å². The van der Waals surface area contributed by atoms with Crippen molar-refractivity contribution in [1.29, 1.82) is 0 Å². The molecule has 0 fully saturated rings. The molecule has 0 saturated carbocycles. The Bertz CT molecular complexity index is 561. The maximum Gasteiger partial charge on any atom is 0.103 e. The molecule has 0 unspecified atom stereocenters. The zero-order valence-corrected chi connectivity index (χ0v) is 14.2. The monoisotopic (exact) mass is 306 g/mol. The molecular formula is C16H22N2S2. The predicted molar refractivity (Wildman–Crippen MR) is 89.6 cm³/mol. The molecule has 0 radical (unpaired) electrons. The van der Waals surface area contributed by atoms with Crippen LogP contribution in [0.3, 0.4) is 0 Å². The summed E-state index contributed by atoms with van der Waals surface area (Å²) < 4.78 is 0. The van der Waals surface area contributed by atoms with Gasteiger partial charge in [-0.2, -0.15) is 0 Å². The van der Waals surface area contributed by atoms with Crippen LogP contribution >= 0.6 is 23.1 Å². The van der Waals surface area contributed by atoms with Crippen LogP contribution in [0.1, 0.15) is 35.0 Å². The van der Waals surface area contributed by atoms with Crippen molar-refractivity contribution < 1.29 is 0 Å². The molecular weight excluding hydrogens is 284 g/mol. The normalized spacial score (nSPS) is 11.2. The zero-order valence-electron chi connectivity index (χ0n) is 12.6. The molecule has 0 aliphatic carbocycles. The van der Waals surface area contributed by atoms with E-state index in [0.717, 1.165) is 12.3 Å². The second-order valence-electron chi connectivity index (χ2n) is 5.21. The molecule has 108 valence electrons. The van der Waals surface area contributed by atoms with Gasteiger partial charge in [0.25, 0.3) is 0 Å². The number of nitrogens with one attached hydrogen (secondary N) is 1. The van der Waals surface area contributed by atoms with E-state index >= 15 is 0 Å². The highest BCUT2D eigenvalue weighted by atomic mass is 32.2. The van der Waals surface area contributed by atoms with Crippen molar-refractivity contribution in [3.8, 4) is 0 Å². The quantitative estimate of drug-likeness (QED) is 0.793. The molecule has 20 heavy (non-hydrogen) atoms. The Morgan fingerprint density at radius 2 is 2.00 bits per heavy atom. The second kappa shape index (κ2) is 7.25. The van der Waals surface area contributed by atoms with Crippen molar-refractivity contribution in [2.45, 2.75) is 50.9 Å². The van der Waals surface area contributed by atoms with Crippen LogP contribution in [0.2, 0.25) is 0 Å². The minimum Gasteiger partial charge on any atom is -0.310 e. The molecule has 1 heterocycles. The summed E-state index contributed by atoms with van der Waals surface area (Å²) in [5.74, 6) is 0.956. The fourth-order valence-electron chi connectivity index (χ4n) is 1.87. The summed E-state index contributed by atoms with van der Waals surface area (Å²) in [5, 5.41) is 4.68. The predicted octanol–water partition coefficient (Wildman–Crippen LogP) is 4.55. The topological polar surface area (TPSA) is 24.9 Å². The van der Waals surface area contributed by atoms with Crippen molar-refractivity contribution in [3.05, 3.63) is 45.4 Å². The van der Waals surface area contributed by atoms with Crippen molar-refractivity contribution in [3.63, 3.8) is 0 Å². The molecule has 4 heteroatoms. The molecule has 0 aliphatic heterocycles. The third-order valence-electron chi connectivity index (χ3n) is 3.05. The molecule has 2 rings (SSSR count). The van der Waals surface area contributed by atoms with E-state index in [9.17, 15) is 0 Å². The number of thiazole rings is 1. The van der Waals surface area contributed by atoms with Gasteiger partial charge in [-0.05, 0) is 25.5 Å². The molecule has 0 saturated heterocycles. The summed E-state index contributed by atoms with van der Waals surface area (Å²) in [6.07, 6.45) is 0. The Morgan fingerprint density at radius 3 is 2.70 bits per heavy atom. The molecule has 1 aromatic carbocycles. The Morgan fingerprint density at radius 1 is 1.25 bits per heavy atom. The van der Waals surface area contributed by atoms with E-state index in [0.29, 0.717) is 6.04 Å². The third kappa shape index (κ3) is 4.33. The van der Waals surface area contributed by atoms with Crippen LogP contribution in [0.25, 0.3) is 0 Å². The molecule has 2 aromatic rings. The van der Waals surface area contributed by atoms with Gasteiger partial charge in [-0.15, -0.1) is 23.1 Å². The molecule has 0 spiro atoms. The van der Waals surface area contributed by atoms with E-state index < -0.39 is 0 Å². The van der Waals surface area contributed by atoms with E-state index in [1.54, 1.807) is 0 Å². The lowest BCUT2D eigenvalue weighted by atomic mass is 10.2. The summed E-state index contributed by atoms with van der Waals surface area (Å²) in [7, 11) is 0. The molecule has 0 atom stereocenters. The minimum absolute atomic E-state index is 0.515. The first-order valence-electron chi connectivity index (χ1n) is 6.93. The van der Waals surface area contributed by atoms with Crippen LogP contribution < -0.4 is 5.32 Å². The number of aryl methyl sites for hydroxylation is 2. The number of hydrogen-bond acceptors (Lipinski definition) is 4. The van der Waals surface area contributed by atoms with Crippen LogP contribution in [0.4, 0.5) is 0 Å². The highest BCUT2D eigenvalue weighted by molar-refractivity contribution is 7.98. The van der Waals surface area contributed by atoms with Crippen molar-refractivity contribution in [2.75, 3.05) is 0 Å². The Balaban J connectivity index is 1.97. The summed E-state index contributed by atoms with van der Waals surface area (Å²) in [4.78, 5) is 7.40.